The van der Waals surface area contributed by atoms with Crippen LogP contribution in [0.15, 0.2) is 10.5 Å². The third-order valence-electron chi connectivity index (χ3n) is 1.52. The number of halogens is 2. The van der Waals surface area contributed by atoms with E-state index >= 15 is 0 Å². The van der Waals surface area contributed by atoms with E-state index in [0.717, 1.165) is 6.07 Å². The summed E-state index contributed by atoms with van der Waals surface area (Å²) in [5.74, 6) is -0.756. The van der Waals surface area contributed by atoms with Crippen LogP contribution in [0.3, 0.4) is 0 Å². The van der Waals surface area contributed by atoms with Crippen LogP contribution in [0.1, 0.15) is 0 Å². The molecule has 0 atom stereocenters. The standard InChI is InChI=1S/C8H8BrFO3/c1-12-7-4(10)3-5(11)8(13-2)6(7)9/h3,11H,1-2H3. The zero-order valence-electron chi connectivity index (χ0n) is 7.10. The zero-order valence-corrected chi connectivity index (χ0v) is 8.68. The van der Waals surface area contributed by atoms with Crippen molar-refractivity contribution >= 4 is 15.9 Å². The highest BCUT2D eigenvalue weighted by molar-refractivity contribution is 9.10. The van der Waals surface area contributed by atoms with Crippen molar-refractivity contribution in [2.75, 3.05) is 14.2 Å². The molecule has 5 heteroatoms. The smallest absolute Gasteiger partial charge is 0.178 e. The Morgan fingerprint density at radius 2 is 1.85 bits per heavy atom. The summed E-state index contributed by atoms with van der Waals surface area (Å²) >= 11 is 3.05. The number of phenols is 1. The number of hydrogen-bond acceptors (Lipinski definition) is 3. The molecule has 1 aromatic rings. The Balaban J connectivity index is 3.39. The van der Waals surface area contributed by atoms with Crippen molar-refractivity contribution in [2.24, 2.45) is 0 Å². The first-order valence-electron chi connectivity index (χ1n) is 3.40. The maximum atomic E-state index is 13.1. The van der Waals surface area contributed by atoms with E-state index < -0.39 is 5.82 Å². The molecule has 0 saturated heterocycles. The summed E-state index contributed by atoms with van der Waals surface area (Å²) in [6.45, 7) is 0. The Morgan fingerprint density at radius 3 is 2.31 bits per heavy atom. The van der Waals surface area contributed by atoms with Gasteiger partial charge in [-0.05, 0) is 15.9 Å². The molecular formula is C8H8BrFO3. The van der Waals surface area contributed by atoms with Crippen molar-refractivity contribution in [1.82, 2.24) is 0 Å². The summed E-state index contributed by atoms with van der Waals surface area (Å²) < 4.78 is 22.9. The number of ether oxygens (including phenoxy) is 2. The Hall–Kier alpha value is -0.970. The van der Waals surface area contributed by atoms with E-state index in [1.807, 2.05) is 0 Å². The van der Waals surface area contributed by atoms with Crippen LogP contribution in [0.5, 0.6) is 17.2 Å². The molecule has 0 heterocycles. The molecule has 1 N–H and O–H groups in total. The SMILES string of the molecule is COc1c(O)cc(F)c(OC)c1Br. The third kappa shape index (κ3) is 1.70. The highest BCUT2D eigenvalue weighted by atomic mass is 79.9. The van der Waals surface area contributed by atoms with Gasteiger partial charge in [0.2, 0.25) is 0 Å². The topological polar surface area (TPSA) is 38.7 Å². The Kier molecular flexibility index (Phi) is 2.98. The Bertz CT molecular complexity index is 299. The molecule has 0 fully saturated rings. The third-order valence-corrected chi connectivity index (χ3v) is 2.24. The Labute approximate surface area is 83.2 Å². The molecule has 3 nitrogen and oxygen atoms in total. The lowest BCUT2D eigenvalue weighted by Crippen LogP contribution is -1.93. The van der Waals surface area contributed by atoms with Crippen molar-refractivity contribution in [3.8, 4) is 17.2 Å². The summed E-state index contributed by atoms with van der Waals surface area (Å²) in [6.07, 6.45) is 0. The van der Waals surface area contributed by atoms with Crippen LogP contribution in [-0.2, 0) is 0 Å². The zero-order chi connectivity index (χ0) is 10.0. The second kappa shape index (κ2) is 3.83. The van der Waals surface area contributed by atoms with Gasteiger partial charge in [0.1, 0.15) is 4.47 Å². The minimum absolute atomic E-state index is 0.00894. The fraction of sp³-hybridized carbons (Fsp3) is 0.250. The molecule has 13 heavy (non-hydrogen) atoms. The van der Waals surface area contributed by atoms with Crippen LogP contribution in [0.2, 0.25) is 0 Å². The second-order valence-electron chi connectivity index (χ2n) is 2.26. The van der Waals surface area contributed by atoms with Gasteiger partial charge >= 0.3 is 0 Å². The highest BCUT2D eigenvalue weighted by Gasteiger charge is 2.17. The molecule has 0 aromatic heterocycles. The maximum Gasteiger partial charge on any atom is 0.178 e. The molecule has 0 unspecified atom stereocenters. The summed E-state index contributed by atoms with van der Waals surface area (Å²) in [6, 6.07) is 0.933. The summed E-state index contributed by atoms with van der Waals surface area (Å²) in [5, 5.41) is 9.24. The molecule has 0 spiro atoms. The number of rotatable bonds is 2. The predicted octanol–water partition coefficient (Wildman–Crippen LogP) is 2.31. The van der Waals surface area contributed by atoms with E-state index in [2.05, 4.69) is 15.9 Å². The highest BCUT2D eigenvalue weighted by Crippen LogP contribution is 2.42. The molecule has 0 amide bonds. The summed E-state index contributed by atoms with van der Waals surface area (Å²) in [7, 11) is 2.71. The van der Waals surface area contributed by atoms with E-state index in [1.165, 1.54) is 14.2 Å². The maximum absolute atomic E-state index is 13.1. The quantitative estimate of drug-likeness (QED) is 0.876. The minimum Gasteiger partial charge on any atom is -0.504 e. The average molecular weight is 251 g/mol. The summed E-state index contributed by atoms with van der Waals surface area (Å²) in [5.41, 5.74) is 0. The lowest BCUT2D eigenvalue weighted by molar-refractivity contribution is 0.347. The van der Waals surface area contributed by atoms with Crippen LogP contribution < -0.4 is 9.47 Å². The number of aromatic hydroxyl groups is 1. The van der Waals surface area contributed by atoms with Crippen LogP contribution in [0.4, 0.5) is 4.39 Å². The van der Waals surface area contributed by atoms with Gasteiger partial charge in [-0.2, -0.15) is 0 Å². The average Bonchev–Trinajstić information content (AvgIpc) is 2.04. The number of phenolic OH excluding ortho intramolecular Hbond substituents is 1. The molecule has 1 rings (SSSR count). The normalized spacial score (nSPS) is 9.85. The lowest BCUT2D eigenvalue weighted by Gasteiger charge is -2.10. The molecular weight excluding hydrogens is 243 g/mol. The minimum atomic E-state index is -0.646. The first-order chi connectivity index (χ1) is 6.11. The van der Waals surface area contributed by atoms with Crippen molar-refractivity contribution in [3.05, 3.63) is 16.4 Å². The van der Waals surface area contributed by atoms with E-state index in [-0.39, 0.29) is 21.7 Å². The summed E-state index contributed by atoms with van der Waals surface area (Å²) in [4.78, 5) is 0. The van der Waals surface area contributed by atoms with E-state index in [1.54, 1.807) is 0 Å². The lowest BCUT2D eigenvalue weighted by atomic mass is 10.3. The van der Waals surface area contributed by atoms with Crippen LogP contribution in [-0.4, -0.2) is 19.3 Å². The van der Waals surface area contributed by atoms with Gasteiger partial charge < -0.3 is 14.6 Å². The van der Waals surface area contributed by atoms with E-state index in [9.17, 15) is 9.50 Å². The monoisotopic (exact) mass is 250 g/mol. The molecule has 0 aliphatic heterocycles. The Morgan fingerprint density at radius 1 is 1.31 bits per heavy atom. The van der Waals surface area contributed by atoms with Crippen molar-refractivity contribution < 1.29 is 19.0 Å². The molecule has 0 saturated carbocycles. The van der Waals surface area contributed by atoms with Gasteiger partial charge in [-0.1, -0.05) is 0 Å². The number of benzene rings is 1. The largest absolute Gasteiger partial charge is 0.504 e. The second-order valence-corrected chi connectivity index (χ2v) is 3.05. The van der Waals surface area contributed by atoms with Gasteiger partial charge in [0.05, 0.1) is 14.2 Å². The number of hydrogen-bond donors (Lipinski definition) is 1. The van der Waals surface area contributed by atoms with Gasteiger partial charge in [0, 0.05) is 6.07 Å². The molecule has 1 aromatic carbocycles. The van der Waals surface area contributed by atoms with Crippen molar-refractivity contribution in [2.45, 2.75) is 0 Å². The van der Waals surface area contributed by atoms with Crippen LogP contribution >= 0.6 is 15.9 Å². The predicted molar refractivity (Wildman–Crippen MR) is 48.9 cm³/mol. The van der Waals surface area contributed by atoms with Crippen molar-refractivity contribution in [3.63, 3.8) is 0 Å². The molecule has 0 aliphatic carbocycles. The van der Waals surface area contributed by atoms with E-state index in [4.69, 9.17) is 9.47 Å². The van der Waals surface area contributed by atoms with Crippen LogP contribution in [0.25, 0.3) is 0 Å². The fourth-order valence-corrected chi connectivity index (χ4v) is 1.67. The van der Waals surface area contributed by atoms with Crippen molar-refractivity contribution in [1.29, 1.82) is 0 Å². The van der Waals surface area contributed by atoms with Gasteiger partial charge in [-0.25, -0.2) is 4.39 Å². The molecule has 72 valence electrons. The van der Waals surface area contributed by atoms with Crippen LogP contribution in [0, 0.1) is 5.82 Å². The fourth-order valence-electron chi connectivity index (χ4n) is 0.953. The van der Waals surface area contributed by atoms with Gasteiger partial charge in [0.25, 0.3) is 0 Å². The van der Waals surface area contributed by atoms with E-state index in [0.29, 0.717) is 0 Å². The molecule has 0 radical (unpaired) electrons. The first-order valence-corrected chi connectivity index (χ1v) is 4.20. The van der Waals surface area contributed by atoms with Gasteiger partial charge in [0.15, 0.2) is 23.1 Å². The number of methoxy groups -OCH3 is 2. The molecule has 0 aliphatic rings. The van der Waals surface area contributed by atoms with Gasteiger partial charge in [-0.15, -0.1) is 0 Å². The first kappa shape index (κ1) is 10.1. The molecule has 0 bridgehead atoms. The van der Waals surface area contributed by atoms with Gasteiger partial charge in [-0.3, -0.25) is 0 Å².